The fourth-order valence-electron chi connectivity index (χ4n) is 4.49. The van der Waals surface area contributed by atoms with Crippen LogP contribution in [0.3, 0.4) is 0 Å². The van der Waals surface area contributed by atoms with Crippen molar-refractivity contribution >= 4 is 34.6 Å². The zero-order chi connectivity index (χ0) is 21.4. The number of anilines is 2. The molecule has 2 amide bonds. The normalized spacial score (nSPS) is 28.1. The first kappa shape index (κ1) is 21.2. The SMILES string of the molecule is CCCC(=O)NC[C@H]1CN(c2cc(F)c(N3C4CCC3C[S+]([O-])C4)c(F)c2)C(=O)O1. The standard InChI is InChI=1S/C20H25F2N3O4S/c1-2-3-18(26)23-8-15-9-24(20(27)29-15)14-6-16(21)19(17(22)7-14)25-12-4-5-13(25)11-30(28)10-12/h6-7,12-13,15H,2-5,8-11H2,1H3,(H,23,26)/t12?,13?,15-,30?/m0/s1. The number of hydrogen-bond donors (Lipinski definition) is 1. The van der Waals surface area contributed by atoms with Crippen LogP contribution in [0.1, 0.15) is 32.6 Å². The number of hydrogen-bond acceptors (Lipinski definition) is 5. The lowest BCUT2D eigenvalue weighted by molar-refractivity contribution is -0.121. The van der Waals surface area contributed by atoms with Gasteiger partial charge in [0.25, 0.3) is 0 Å². The molecule has 3 atom stereocenters. The summed E-state index contributed by atoms with van der Waals surface area (Å²) in [5.41, 5.74) is -0.0343. The second-order valence-corrected chi connectivity index (χ2v) is 9.54. The van der Waals surface area contributed by atoms with Gasteiger partial charge in [0.05, 0.1) is 30.9 Å². The van der Waals surface area contributed by atoms with E-state index in [4.69, 9.17) is 4.74 Å². The van der Waals surface area contributed by atoms with Crippen LogP contribution < -0.4 is 15.1 Å². The summed E-state index contributed by atoms with van der Waals surface area (Å²) in [4.78, 5) is 26.7. The third-order valence-corrected chi connectivity index (χ3v) is 7.34. The molecule has 3 heterocycles. The summed E-state index contributed by atoms with van der Waals surface area (Å²) < 4.78 is 47.1. The van der Waals surface area contributed by atoms with Crippen LogP contribution in [0.25, 0.3) is 0 Å². The van der Waals surface area contributed by atoms with Crippen molar-refractivity contribution in [2.45, 2.75) is 50.8 Å². The molecule has 164 valence electrons. The van der Waals surface area contributed by atoms with Gasteiger partial charge in [0.2, 0.25) is 5.91 Å². The quantitative estimate of drug-likeness (QED) is 0.685. The molecule has 0 aliphatic carbocycles. The molecule has 0 radical (unpaired) electrons. The fraction of sp³-hybridized carbons (Fsp3) is 0.600. The molecule has 0 aromatic heterocycles. The van der Waals surface area contributed by atoms with Crippen molar-refractivity contribution in [3.8, 4) is 0 Å². The van der Waals surface area contributed by atoms with Crippen molar-refractivity contribution in [3.63, 3.8) is 0 Å². The summed E-state index contributed by atoms with van der Waals surface area (Å²) >= 11 is -0.954. The van der Waals surface area contributed by atoms with E-state index in [1.807, 2.05) is 6.92 Å². The van der Waals surface area contributed by atoms with Crippen LogP contribution >= 0.6 is 0 Å². The Hall–Kier alpha value is -2.07. The summed E-state index contributed by atoms with van der Waals surface area (Å²) in [6.45, 7) is 2.13. The van der Waals surface area contributed by atoms with Crippen molar-refractivity contribution in [2.75, 3.05) is 34.4 Å². The summed E-state index contributed by atoms with van der Waals surface area (Å²) in [6, 6.07) is 2.02. The van der Waals surface area contributed by atoms with E-state index in [0.29, 0.717) is 24.3 Å². The number of amides is 2. The molecule has 3 saturated heterocycles. The molecule has 0 spiro atoms. The maximum Gasteiger partial charge on any atom is 0.414 e. The van der Waals surface area contributed by atoms with E-state index in [-0.39, 0.29) is 42.5 Å². The first-order valence-corrected chi connectivity index (χ1v) is 11.7. The van der Waals surface area contributed by atoms with Gasteiger partial charge in [0, 0.05) is 18.6 Å². The highest BCUT2D eigenvalue weighted by Gasteiger charge is 2.45. The topological polar surface area (TPSA) is 84.9 Å². The van der Waals surface area contributed by atoms with Crippen LogP contribution in [0, 0.1) is 11.6 Å². The van der Waals surface area contributed by atoms with Crippen molar-refractivity contribution in [1.82, 2.24) is 5.32 Å². The van der Waals surface area contributed by atoms with Gasteiger partial charge in [0.15, 0.2) is 11.6 Å². The first-order valence-electron chi connectivity index (χ1n) is 10.2. The van der Waals surface area contributed by atoms with E-state index in [2.05, 4.69) is 5.32 Å². The van der Waals surface area contributed by atoms with Gasteiger partial charge >= 0.3 is 6.09 Å². The second kappa shape index (κ2) is 8.58. The van der Waals surface area contributed by atoms with Gasteiger partial charge in [-0.25, -0.2) is 13.6 Å². The first-order chi connectivity index (χ1) is 14.4. The number of rotatable bonds is 6. The molecule has 3 aliphatic rings. The largest absolute Gasteiger partial charge is 0.616 e. The van der Waals surface area contributed by atoms with Gasteiger partial charge in [-0.1, -0.05) is 6.92 Å². The third-order valence-electron chi connectivity index (χ3n) is 5.83. The maximum atomic E-state index is 15.0. The molecule has 10 heteroatoms. The van der Waals surface area contributed by atoms with Gasteiger partial charge in [-0.3, -0.25) is 9.69 Å². The number of carbonyl (C=O) groups excluding carboxylic acids is 2. The average molecular weight is 442 g/mol. The Kier molecular flexibility index (Phi) is 6.06. The van der Waals surface area contributed by atoms with Crippen LogP contribution in [-0.4, -0.2) is 59.3 Å². The van der Waals surface area contributed by atoms with Crippen molar-refractivity contribution in [2.24, 2.45) is 0 Å². The Balaban J connectivity index is 1.48. The average Bonchev–Trinajstić information content (AvgIpc) is 3.17. The van der Waals surface area contributed by atoms with E-state index in [1.54, 1.807) is 4.90 Å². The smallest absolute Gasteiger partial charge is 0.414 e. The molecule has 2 unspecified atom stereocenters. The zero-order valence-electron chi connectivity index (χ0n) is 16.7. The Bertz CT molecular complexity index is 805. The van der Waals surface area contributed by atoms with Crippen LogP contribution in [0.2, 0.25) is 0 Å². The number of cyclic esters (lactones) is 1. The number of nitrogens with one attached hydrogen (secondary N) is 1. The lowest BCUT2D eigenvalue weighted by Crippen LogP contribution is -2.49. The number of benzene rings is 1. The molecular weight excluding hydrogens is 416 g/mol. The minimum Gasteiger partial charge on any atom is -0.616 e. The number of nitrogens with zero attached hydrogens (tertiary/aromatic N) is 2. The number of ether oxygens (including phenoxy) is 1. The lowest BCUT2D eigenvalue weighted by atomic mass is 10.1. The van der Waals surface area contributed by atoms with Crippen LogP contribution in [0.15, 0.2) is 12.1 Å². The van der Waals surface area contributed by atoms with E-state index in [0.717, 1.165) is 25.0 Å². The summed E-state index contributed by atoms with van der Waals surface area (Å²) in [5, 5.41) is 2.69. The Morgan fingerprint density at radius 2 is 1.90 bits per heavy atom. The van der Waals surface area contributed by atoms with Crippen LogP contribution in [0.4, 0.5) is 25.0 Å². The molecule has 4 rings (SSSR count). The predicted molar refractivity (Wildman–Crippen MR) is 109 cm³/mol. The Morgan fingerprint density at radius 1 is 1.27 bits per heavy atom. The zero-order valence-corrected chi connectivity index (χ0v) is 17.6. The molecule has 3 fully saturated rings. The number of carbonyl (C=O) groups is 2. The second-order valence-electron chi connectivity index (χ2n) is 7.99. The molecule has 0 saturated carbocycles. The molecule has 30 heavy (non-hydrogen) atoms. The van der Waals surface area contributed by atoms with Gasteiger partial charge < -0.3 is 19.5 Å². The Morgan fingerprint density at radius 3 is 2.50 bits per heavy atom. The number of halogens is 2. The van der Waals surface area contributed by atoms with Gasteiger partial charge in [0.1, 0.15) is 23.3 Å². The van der Waals surface area contributed by atoms with Gasteiger partial charge in [-0.05, 0) is 30.4 Å². The molecule has 1 N–H and O–H groups in total. The maximum absolute atomic E-state index is 15.0. The molecule has 1 aromatic carbocycles. The lowest BCUT2D eigenvalue weighted by Gasteiger charge is -2.37. The van der Waals surface area contributed by atoms with Gasteiger partial charge in [-0.2, -0.15) is 0 Å². The minimum atomic E-state index is -0.954. The molecule has 2 bridgehead atoms. The molecule has 7 nitrogen and oxygen atoms in total. The van der Waals surface area contributed by atoms with Crippen molar-refractivity contribution in [3.05, 3.63) is 23.8 Å². The monoisotopic (exact) mass is 441 g/mol. The summed E-state index contributed by atoms with van der Waals surface area (Å²) in [7, 11) is 0. The van der Waals surface area contributed by atoms with Crippen molar-refractivity contribution in [1.29, 1.82) is 0 Å². The summed E-state index contributed by atoms with van der Waals surface area (Å²) in [6.07, 6.45) is 1.33. The van der Waals surface area contributed by atoms with E-state index >= 15 is 0 Å². The van der Waals surface area contributed by atoms with Crippen LogP contribution in [-0.2, 0) is 20.7 Å². The van der Waals surface area contributed by atoms with E-state index in [9.17, 15) is 22.9 Å². The highest BCUT2D eigenvalue weighted by atomic mass is 32.2. The van der Waals surface area contributed by atoms with Crippen LogP contribution in [0.5, 0.6) is 0 Å². The van der Waals surface area contributed by atoms with E-state index < -0.39 is 35.0 Å². The molecular formula is C20H25F2N3O4S. The number of fused-ring (bicyclic) bond motifs is 2. The fourth-order valence-corrected chi connectivity index (χ4v) is 6.14. The van der Waals surface area contributed by atoms with Crippen molar-refractivity contribution < 1.29 is 27.7 Å². The Labute approximate surface area is 176 Å². The summed E-state index contributed by atoms with van der Waals surface area (Å²) in [5.74, 6) is -0.795. The molecule has 1 aromatic rings. The highest BCUT2D eigenvalue weighted by molar-refractivity contribution is 7.91. The van der Waals surface area contributed by atoms with Gasteiger partial charge in [-0.15, -0.1) is 0 Å². The third kappa shape index (κ3) is 4.07. The van der Waals surface area contributed by atoms with E-state index in [1.165, 1.54) is 4.90 Å². The predicted octanol–water partition coefficient (Wildman–Crippen LogP) is 2.31. The highest BCUT2D eigenvalue weighted by Crippen LogP contribution is 2.40. The minimum absolute atomic E-state index is 0.0778. The molecule has 3 aliphatic heterocycles.